The summed E-state index contributed by atoms with van der Waals surface area (Å²) in [5.74, 6) is 1.45. The Morgan fingerprint density at radius 3 is 2.63 bits per heavy atom. The molecule has 4 rings (SSSR count). The van der Waals surface area contributed by atoms with Crippen LogP contribution in [-0.2, 0) is 4.79 Å². The molecule has 0 unspecified atom stereocenters. The van der Waals surface area contributed by atoms with Gasteiger partial charge in [-0.1, -0.05) is 41.4 Å². The number of halogens is 2. The van der Waals surface area contributed by atoms with Crippen molar-refractivity contribution in [3.63, 3.8) is 0 Å². The van der Waals surface area contributed by atoms with Crippen LogP contribution in [0.25, 0.3) is 17.4 Å². The van der Waals surface area contributed by atoms with Gasteiger partial charge < -0.3 is 14.5 Å². The number of ether oxygens (including phenoxy) is 1. The van der Waals surface area contributed by atoms with Crippen molar-refractivity contribution in [2.24, 2.45) is 4.99 Å². The molecule has 3 aromatic rings. The van der Waals surface area contributed by atoms with E-state index >= 15 is 0 Å². The summed E-state index contributed by atoms with van der Waals surface area (Å²) in [6, 6.07) is 16.2. The van der Waals surface area contributed by atoms with Crippen molar-refractivity contribution >= 4 is 57.8 Å². The second-order valence-corrected chi connectivity index (χ2v) is 8.03. The van der Waals surface area contributed by atoms with Gasteiger partial charge >= 0.3 is 0 Å². The fourth-order valence-corrected chi connectivity index (χ4v) is 4.24. The van der Waals surface area contributed by atoms with E-state index in [0.29, 0.717) is 55.2 Å². The van der Waals surface area contributed by atoms with E-state index in [2.05, 4.69) is 10.3 Å². The molecule has 0 aliphatic carbocycles. The van der Waals surface area contributed by atoms with Crippen LogP contribution < -0.4 is 10.1 Å². The Kier molecular flexibility index (Phi) is 6.18. The molecule has 8 heteroatoms. The van der Waals surface area contributed by atoms with Gasteiger partial charge in [-0.25, -0.2) is 4.99 Å². The molecule has 1 N–H and O–H groups in total. The van der Waals surface area contributed by atoms with Crippen LogP contribution in [0, 0.1) is 0 Å². The number of amides is 1. The second-order valence-electron chi connectivity index (χ2n) is 6.18. The average Bonchev–Trinajstić information content (AvgIpc) is 3.30. The van der Waals surface area contributed by atoms with E-state index < -0.39 is 0 Å². The van der Waals surface area contributed by atoms with Crippen molar-refractivity contribution in [1.29, 1.82) is 0 Å². The molecule has 1 aromatic heterocycles. The first-order valence-electron chi connectivity index (χ1n) is 9.11. The Hall–Kier alpha value is -2.67. The van der Waals surface area contributed by atoms with E-state index in [0.717, 1.165) is 0 Å². The number of thioether (sulfide) groups is 1. The minimum Gasteiger partial charge on any atom is -0.492 e. The van der Waals surface area contributed by atoms with Crippen molar-refractivity contribution < 1.29 is 13.9 Å². The van der Waals surface area contributed by atoms with Gasteiger partial charge in [0.05, 0.1) is 27.1 Å². The third-order valence-electron chi connectivity index (χ3n) is 4.15. The molecule has 0 radical (unpaired) electrons. The Bertz CT molecular complexity index is 1150. The van der Waals surface area contributed by atoms with Gasteiger partial charge in [0.2, 0.25) is 0 Å². The zero-order valence-electron chi connectivity index (χ0n) is 15.8. The number of carbonyl (C=O) groups is 1. The van der Waals surface area contributed by atoms with Gasteiger partial charge in [-0.2, -0.15) is 0 Å². The highest BCUT2D eigenvalue weighted by atomic mass is 35.5. The Labute approximate surface area is 187 Å². The number of amidine groups is 1. The SMILES string of the molecule is CCOc1ccccc1N=C1NC(=O)C(=Cc2ccc(-c3c(Cl)cccc3Cl)o2)S1. The summed E-state index contributed by atoms with van der Waals surface area (Å²) in [5, 5.41) is 4.22. The van der Waals surface area contributed by atoms with Gasteiger partial charge in [-0.15, -0.1) is 0 Å². The predicted molar refractivity (Wildman–Crippen MR) is 123 cm³/mol. The van der Waals surface area contributed by atoms with Crippen LogP contribution in [0.3, 0.4) is 0 Å². The molecular formula is C22H16Cl2N2O3S. The van der Waals surface area contributed by atoms with Crippen LogP contribution in [0.5, 0.6) is 5.75 Å². The maximum absolute atomic E-state index is 12.4. The molecule has 2 heterocycles. The first-order valence-corrected chi connectivity index (χ1v) is 10.7. The van der Waals surface area contributed by atoms with Crippen molar-refractivity contribution in [1.82, 2.24) is 5.32 Å². The highest BCUT2D eigenvalue weighted by Gasteiger charge is 2.25. The molecule has 1 amide bonds. The van der Waals surface area contributed by atoms with E-state index in [4.69, 9.17) is 32.4 Å². The van der Waals surface area contributed by atoms with E-state index in [1.165, 1.54) is 11.8 Å². The van der Waals surface area contributed by atoms with Crippen LogP contribution in [0.15, 0.2) is 68.9 Å². The summed E-state index contributed by atoms with van der Waals surface area (Å²) in [5.41, 5.74) is 1.26. The molecule has 1 fully saturated rings. The predicted octanol–water partition coefficient (Wildman–Crippen LogP) is 6.54. The molecule has 1 aliphatic rings. The number of furan rings is 1. The summed E-state index contributed by atoms with van der Waals surface area (Å²) in [7, 11) is 0. The number of nitrogens with zero attached hydrogens (tertiary/aromatic N) is 1. The van der Waals surface area contributed by atoms with Crippen LogP contribution in [0.4, 0.5) is 5.69 Å². The lowest BCUT2D eigenvalue weighted by Gasteiger charge is -2.06. The highest BCUT2D eigenvalue weighted by Crippen LogP contribution is 2.37. The Balaban J connectivity index is 1.58. The first-order chi connectivity index (χ1) is 14.5. The molecule has 30 heavy (non-hydrogen) atoms. The summed E-state index contributed by atoms with van der Waals surface area (Å²) >= 11 is 13.7. The average molecular weight is 459 g/mol. The number of hydrogen-bond donors (Lipinski definition) is 1. The van der Waals surface area contributed by atoms with Gasteiger partial charge in [0.1, 0.15) is 23.0 Å². The number of hydrogen-bond acceptors (Lipinski definition) is 5. The topological polar surface area (TPSA) is 63.8 Å². The summed E-state index contributed by atoms with van der Waals surface area (Å²) < 4.78 is 11.4. The number of carbonyl (C=O) groups excluding carboxylic acids is 1. The molecule has 1 saturated heterocycles. The number of aliphatic imine (C=N–C) groups is 1. The van der Waals surface area contributed by atoms with Crippen molar-refractivity contribution in [2.45, 2.75) is 6.92 Å². The van der Waals surface area contributed by atoms with Crippen LogP contribution in [0.1, 0.15) is 12.7 Å². The second kappa shape index (κ2) is 9.00. The molecule has 0 saturated carbocycles. The smallest absolute Gasteiger partial charge is 0.264 e. The molecule has 152 valence electrons. The lowest BCUT2D eigenvalue weighted by atomic mass is 10.2. The standard InChI is InChI=1S/C22H16Cl2N2O3S/c1-2-28-17-9-4-3-8-16(17)25-22-26-21(27)19(30-22)12-13-10-11-18(29-13)20-14(23)6-5-7-15(20)24/h3-12H,2H2,1H3,(H,25,26,27). The third kappa shape index (κ3) is 4.41. The van der Waals surface area contributed by atoms with E-state index in [1.807, 2.05) is 31.2 Å². The maximum atomic E-state index is 12.4. The monoisotopic (exact) mass is 458 g/mol. The number of para-hydroxylation sites is 2. The lowest BCUT2D eigenvalue weighted by molar-refractivity contribution is -0.115. The highest BCUT2D eigenvalue weighted by molar-refractivity contribution is 8.18. The zero-order valence-corrected chi connectivity index (χ0v) is 18.1. The fourth-order valence-electron chi connectivity index (χ4n) is 2.84. The summed E-state index contributed by atoms with van der Waals surface area (Å²) in [6.45, 7) is 2.44. The van der Waals surface area contributed by atoms with Gasteiger partial charge in [0.25, 0.3) is 5.91 Å². The lowest BCUT2D eigenvalue weighted by Crippen LogP contribution is -2.19. The maximum Gasteiger partial charge on any atom is 0.264 e. The number of benzene rings is 2. The summed E-state index contributed by atoms with van der Waals surface area (Å²) in [6.07, 6.45) is 1.66. The molecule has 5 nitrogen and oxygen atoms in total. The zero-order chi connectivity index (χ0) is 21.1. The fraction of sp³-hybridized carbons (Fsp3) is 0.0909. The molecule has 0 atom stereocenters. The number of nitrogens with one attached hydrogen (secondary N) is 1. The quantitative estimate of drug-likeness (QED) is 0.440. The molecule has 1 aliphatic heterocycles. The number of rotatable bonds is 5. The van der Waals surface area contributed by atoms with Gasteiger partial charge in [-0.3, -0.25) is 4.79 Å². The Morgan fingerprint density at radius 2 is 1.87 bits per heavy atom. The first kappa shape index (κ1) is 20.6. The van der Waals surface area contributed by atoms with Gasteiger partial charge in [0, 0.05) is 6.08 Å². The van der Waals surface area contributed by atoms with Crippen molar-refractivity contribution in [3.8, 4) is 17.1 Å². The van der Waals surface area contributed by atoms with E-state index in [9.17, 15) is 4.79 Å². The van der Waals surface area contributed by atoms with Gasteiger partial charge in [0.15, 0.2) is 5.17 Å². The largest absolute Gasteiger partial charge is 0.492 e. The summed E-state index contributed by atoms with van der Waals surface area (Å²) in [4.78, 5) is 17.4. The molecular weight excluding hydrogens is 443 g/mol. The normalized spacial score (nSPS) is 16.3. The minimum atomic E-state index is -0.249. The third-order valence-corrected chi connectivity index (χ3v) is 5.69. The van der Waals surface area contributed by atoms with Crippen molar-refractivity contribution in [2.75, 3.05) is 6.61 Å². The minimum absolute atomic E-state index is 0.249. The van der Waals surface area contributed by atoms with Crippen LogP contribution in [-0.4, -0.2) is 17.7 Å². The van der Waals surface area contributed by atoms with Crippen LogP contribution >= 0.6 is 35.0 Å². The molecule has 0 spiro atoms. The molecule has 2 aromatic carbocycles. The van der Waals surface area contributed by atoms with Crippen molar-refractivity contribution in [3.05, 3.63) is 75.3 Å². The molecule has 0 bridgehead atoms. The Morgan fingerprint density at radius 1 is 1.10 bits per heavy atom. The van der Waals surface area contributed by atoms with Gasteiger partial charge in [-0.05, 0) is 55.1 Å². The van der Waals surface area contributed by atoms with Crippen LogP contribution in [0.2, 0.25) is 10.0 Å². The van der Waals surface area contributed by atoms with E-state index in [-0.39, 0.29) is 5.91 Å². The van der Waals surface area contributed by atoms with E-state index in [1.54, 1.807) is 36.4 Å².